The van der Waals surface area contributed by atoms with Gasteiger partial charge in [-0.05, 0) is 42.4 Å². The van der Waals surface area contributed by atoms with Crippen molar-refractivity contribution in [1.29, 1.82) is 0 Å². The lowest BCUT2D eigenvalue weighted by Crippen LogP contribution is -2.09. The highest BCUT2D eigenvalue weighted by atomic mass is 32.1. The highest BCUT2D eigenvalue weighted by Gasteiger charge is 2.15. The molecule has 2 aromatic heterocycles. The molecule has 0 saturated carbocycles. The molecule has 106 valence electrons. The Bertz CT molecular complexity index is 809. The van der Waals surface area contributed by atoms with Gasteiger partial charge in [-0.15, -0.1) is 11.3 Å². The highest BCUT2D eigenvalue weighted by molar-refractivity contribution is 7.17. The van der Waals surface area contributed by atoms with Crippen LogP contribution in [-0.2, 0) is 12.8 Å². The Morgan fingerprint density at radius 2 is 1.95 bits per heavy atom. The second-order valence-electron chi connectivity index (χ2n) is 5.39. The molecule has 4 nitrogen and oxygen atoms in total. The summed E-state index contributed by atoms with van der Waals surface area (Å²) in [6.07, 6.45) is 6.54. The van der Waals surface area contributed by atoms with Crippen molar-refractivity contribution >= 4 is 27.4 Å². The summed E-state index contributed by atoms with van der Waals surface area (Å²) in [7, 11) is 0. The van der Waals surface area contributed by atoms with Gasteiger partial charge in [-0.1, -0.05) is 18.2 Å². The highest BCUT2D eigenvalue weighted by Crippen LogP contribution is 2.37. The molecular weight excluding hydrogens is 280 g/mol. The second kappa shape index (κ2) is 5.09. The number of nitrogens with one attached hydrogen (secondary N) is 1. The van der Waals surface area contributed by atoms with Crippen LogP contribution in [0.4, 0.5) is 5.82 Å². The lowest BCUT2D eigenvalue weighted by atomic mass is 9.89. The van der Waals surface area contributed by atoms with E-state index in [1.165, 1.54) is 42.4 Å². The summed E-state index contributed by atoms with van der Waals surface area (Å²) < 4.78 is 0. The van der Waals surface area contributed by atoms with E-state index in [-0.39, 0.29) is 0 Å². The summed E-state index contributed by atoms with van der Waals surface area (Å²) in [6, 6.07) is 6.80. The third-order valence-electron chi connectivity index (χ3n) is 4.17. The van der Waals surface area contributed by atoms with Crippen LogP contribution in [0.25, 0.3) is 21.3 Å². The second-order valence-corrected chi connectivity index (χ2v) is 6.24. The van der Waals surface area contributed by atoms with Gasteiger partial charge in [0.1, 0.15) is 11.2 Å². The number of hydrazine groups is 1. The molecule has 1 aliphatic carbocycles. The molecule has 0 amide bonds. The molecule has 0 saturated heterocycles. The Balaban J connectivity index is 1.90. The quantitative estimate of drug-likeness (QED) is 0.561. The van der Waals surface area contributed by atoms with E-state index in [1.54, 1.807) is 17.7 Å². The molecule has 5 heteroatoms. The van der Waals surface area contributed by atoms with Crippen molar-refractivity contribution in [2.45, 2.75) is 25.7 Å². The van der Waals surface area contributed by atoms with Gasteiger partial charge in [0.2, 0.25) is 0 Å². The fourth-order valence-corrected chi connectivity index (χ4v) is 4.01. The molecule has 2 heterocycles. The molecular formula is C16H16N4S. The van der Waals surface area contributed by atoms with Crippen molar-refractivity contribution in [1.82, 2.24) is 9.97 Å². The molecule has 3 aromatic rings. The summed E-state index contributed by atoms with van der Waals surface area (Å²) in [6.45, 7) is 0. The minimum atomic E-state index is 0.689. The molecule has 0 spiro atoms. The average Bonchev–Trinajstić information content (AvgIpc) is 2.98. The fraction of sp³-hybridized carbons (Fsp3) is 0.250. The Morgan fingerprint density at radius 3 is 2.81 bits per heavy atom. The van der Waals surface area contributed by atoms with Crippen LogP contribution < -0.4 is 11.3 Å². The third-order valence-corrected chi connectivity index (χ3v) is 5.05. The third kappa shape index (κ3) is 2.09. The number of aryl methyl sites for hydroxylation is 2. The van der Waals surface area contributed by atoms with E-state index in [0.29, 0.717) is 5.82 Å². The smallest absolute Gasteiger partial charge is 0.152 e. The van der Waals surface area contributed by atoms with E-state index < -0.39 is 0 Å². The van der Waals surface area contributed by atoms with Crippen LogP contribution in [0, 0.1) is 0 Å². The van der Waals surface area contributed by atoms with E-state index in [2.05, 4.69) is 39.0 Å². The summed E-state index contributed by atoms with van der Waals surface area (Å²) in [5.74, 6) is 6.29. The van der Waals surface area contributed by atoms with Gasteiger partial charge in [0.05, 0.1) is 5.39 Å². The zero-order chi connectivity index (χ0) is 14.2. The minimum absolute atomic E-state index is 0.689. The maximum atomic E-state index is 5.60. The number of aromatic nitrogens is 2. The molecule has 4 rings (SSSR count). The predicted molar refractivity (Wildman–Crippen MR) is 87.3 cm³/mol. The zero-order valence-electron chi connectivity index (χ0n) is 11.6. The Morgan fingerprint density at radius 1 is 1.10 bits per heavy atom. The fourth-order valence-electron chi connectivity index (χ4n) is 3.10. The summed E-state index contributed by atoms with van der Waals surface area (Å²) in [5.41, 5.74) is 8.06. The summed E-state index contributed by atoms with van der Waals surface area (Å²) in [5, 5.41) is 3.16. The lowest BCUT2D eigenvalue weighted by molar-refractivity contribution is 0.686. The maximum absolute atomic E-state index is 5.60. The first kappa shape index (κ1) is 12.7. The van der Waals surface area contributed by atoms with Crippen LogP contribution in [-0.4, -0.2) is 9.97 Å². The van der Waals surface area contributed by atoms with Crippen molar-refractivity contribution in [3.05, 3.63) is 41.0 Å². The number of hydrogen-bond donors (Lipinski definition) is 2. The molecule has 21 heavy (non-hydrogen) atoms. The van der Waals surface area contributed by atoms with Gasteiger partial charge in [0.15, 0.2) is 5.82 Å². The van der Waals surface area contributed by atoms with Gasteiger partial charge in [0, 0.05) is 10.9 Å². The molecule has 0 bridgehead atoms. The number of hydrogen-bond acceptors (Lipinski definition) is 5. The van der Waals surface area contributed by atoms with Crippen LogP contribution in [0.1, 0.15) is 24.0 Å². The summed E-state index contributed by atoms with van der Waals surface area (Å²) >= 11 is 1.63. The van der Waals surface area contributed by atoms with Crippen molar-refractivity contribution in [3.8, 4) is 11.1 Å². The zero-order valence-corrected chi connectivity index (χ0v) is 12.4. The van der Waals surface area contributed by atoms with E-state index in [0.717, 1.165) is 15.8 Å². The molecule has 0 aliphatic heterocycles. The Labute approximate surface area is 127 Å². The van der Waals surface area contributed by atoms with Crippen molar-refractivity contribution in [2.24, 2.45) is 5.84 Å². The molecule has 0 fully saturated rings. The minimum Gasteiger partial charge on any atom is -0.308 e. The van der Waals surface area contributed by atoms with Crippen LogP contribution in [0.15, 0.2) is 29.9 Å². The van der Waals surface area contributed by atoms with Crippen molar-refractivity contribution in [3.63, 3.8) is 0 Å². The van der Waals surface area contributed by atoms with E-state index >= 15 is 0 Å². The van der Waals surface area contributed by atoms with Crippen LogP contribution >= 0.6 is 11.3 Å². The normalized spacial score (nSPS) is 14.1. The average molecular weight is 296 g/mol. The number of rotatable bonds is 2. The molecule has 1 aliphatic rings. The standard InChI is InChI=1S/C16H16N4S/c17-20-15-14-13(8-21-16(14)19-9-18-15)12-6-5-10-3-1-2-4-11(10)7-12/h5-9H,1-4,17H2,(H,18,19,20). The molecule has 3 N–H and O–H groups in total. The van der Waals surface area contributed by atoms with Gasteiger partial charge < -0.3 is 5.43 Å². The Hall–Kier alpha value is -1.98. The largest absolute Gasteiger partial charge is 0.308 e. The van der Waals surface area contributed by atoms with Crippen LogP contribution in [0.2, 0.25) is 0 Å². The number of nitrogens with zero attached hydrogens (tertiary/aromatic N) is 2. The van der Waals surface area contributed by atoms with Crippen molar-refractivity contribution in [2.75, 3.05) is 5.43 Å². The molecule has 0 atom stereocenters. The van der Waals surface area contributed by atoms with Gasteiger partial charge in [0.25, 0.3) is 0 Å². The van der Waals surface area contributed by atoms with Gasteiger partial charge in [-0.2, -0.15) is 0 Å². The SMILES string of the molecule is NNc1ncnc2scc(-c3ccc4c(c3)CCCC4)c12. The number of nitrogens with two attached hydrogens (primary N) is 1. The predicted octanol–water partition coefficient (Wildman–Crippen LogP) is 3.52. The topological polar surface area (TPSA) is 63.8 Å². The number of anilines is 1. The number of nitrogen functional groups attached to an aromatic ring is 1. The monoisotopic (exact) mass is 296 g/mol. The number of thiophene rings is 1. The number of benzene rings is 1. The van der Waals surface area contributed by atoms with Crippen LogP contribution in [0.3, 0.4) is 0 Å². The first-order chi connectivity index (χ1) is 10.4. The van der Waals surface area contributed by atoms with Crippen LogP contribution in [0.5, 0.6) is 0 Å². The van der Waals surface area contributed by atoms with Gasteiger partial charge in [-0.3, -0.25) is 0 Å². The Kier molecular flexibility index (Phi) is 3.09. The number of fused-ring (bicyclic) bond motifs is 2. The molecule has 0 radical (unpaired) electrons. The van der Waals surface area contributed by atoms with Crippen molar-refractivity contribution < 1.29 is 0 Å². The van der Waals surface area contributed by atoms with Gasteiger partial charge in [-0.25, -0.2) is 15.8 Å². The summed E-state index contributed by atoms with van der Waals surface area (Å²) in [4.78, 5) is 9.53. The van der Waals surface area contributed by atoms with Gasteiger partial charge >= 0.3 is 0 Å². The maximum Gasteiger partial charge on any atom is 0.152 e. The molecule has 1 aromatic carbocycles. The first-order valence-electron chi connectivity index (χ1n) is 7.18. The lowest BCUT2D eigenvalue weighted by Gasteiger charge is -2.16. The van der Waals surface area contributed by atoms with E-state index in [9.17, 15) is 0 Å². The first-order valence-corrected chi connectivity index (χ1v) is 8.06. The molecule has 0 unspecified atom stereocenters. The van der Waals surface area contributed by atoms with E-state index in [1.807, 2.05) is 0 Å². The van der Waals surface area contributed by atoms with E-state index in [4.69, 9.17) is 5.84 Å².